The second kappa shape index (κ2) is 16.5. The number of halogens is 1. The second-order valence-corrected chi connectivity index (χ2v) is 7.34. The van der Waals surface area contributed by atoms with E-state index in [1.807, 2.05) is 0 Å². The third kappa shape index (κ3) is 13.5. The van der Waals surface area contributed by atoms with Crippen LogP contribution in [0.1, 0.15) is 90.9 Å². The Morgan fingerprint density at radius 3 is 2.00 bits per heavy atom. The van der Waals surface area contributed by atoms with Gasteiger partial charge in [0.2, 0.25) is 5.91 Å². The molecule has 0 radical (unpaired) electrons. The molecule has 5 nitrogen and oxygen atoms in total. The molecule has 4 atom stereocenters. The van der Waals surface area contributed by atoms with Gasteiger partial charge in [-0.05, 0) is 25.7 Å². The van der Waals surface area contributed by atoms with Crippen LogP contribution in [0.15, 0.2) is 0 Å². The third-order valence-electron chi connectivity index (χ3n) is 4.78. The second-order valence-electron chi connectivity index (χ2n) is 7.34. The molecule has 0 aliphatic heterocycles. The monoisotopic (exact) mass is 377 g/mol. The fourth-order valence-electron chi connectivity index (χ4n) is 3.13. The van der Waals surface area contributed by atoms with Crippen molar-refractivity contribution in [1.82, 2.24) is 5.32 Å². The lowest BCUT2D eigenvalue weighted by Crippen LogP contribution is -2.50. The Balaban J connectivity index is 3.73. The zero-order chi connectivity index (χ0) is 19.8. The molecule has 0 aromatic rings. The molecule has 0 aliphatic carbocycles. The first kappa shape index (κ1) is 25.3. The molecule has 1 amide bonds. The van der Waals surface area contributed by atoms with E-state index in [9.17, 15) is 19.4 Å². The average molecular weight is 378 g/mol. The van der Waals surface area contributed by atoms with E-state index in [1.165, 1.54) is 45.4 Å². The van der Waals surface area contributed by atoms with Gasteiger partial charge in [0, 0.05) is 6.92 Å². The van der Waals surface area contributed by atoms with Crippen LogP contribution in [-0.4, -0.2) is 52.3 Å². The largest absolute Gasteiger partial charge is 0.394 e. The van der Waals surface area contributed by atoms with Crippen molar-refractivity contribution < 1.29 is 24.5 Å². The van der Waals surface area contributed by atoms with Gasteiger partial charge in [0.05, 0.1) is 18.8 Å². The van der Waals surface area contributed by atoms with Crippen LogP contribution in [0.4, 0.5) is 4.39 Å². The molecule has 26 heavy (non-hydrogen) atoms. The molecule has 0 saturated carbocycles. The first-order valence-corrected chi connectivity index (χ1v) is 10.3. The molecule has 0 heterocycles. The fraction of sp³-hybridized carbons (Fsp3) is 0.950. The smallest absolute Gasteiger partial charge is 0.217 e. The number of alkyl halides is 1. The number of aliphatic hydroxyl groups is 3. The van der Waals surface area contributed by atoms with Gasteiger partial charge in [0.1, 0.15) is 12.3 Å². The summed E-state index contributed by atoms with van der Waals surface area (Å²) in [4.78, 5) is 11.0. The summed E-state index contributed by atoms with van der Waals surface area (Å²) in [5.41, 5.74) is 0. The molecule has 0 aromatic carbocycles. The number of nitrogens with one attached hydrogen (secondary N) is 1. The summed E-state index contributed by atoms with van der Waals surface area (Å²) in [5, 5.41) is 31.5. The maximum absolute atomic E-state index is 13.9. The van der Waals surface area contributed by atoms with E-state index in [4.69, 9.17) is 5.11 Å². The summed E-state index contributed by atoms with van der Waals surface area (Å²) < 4.78 is 13.9. The van der Waals surface area contributed by atoms with Crippen LogP contribution in [0.2, 0.25) is 0 Å². The predicted octanol–water partition coefficient (Wildman–Crippen LogP) is 3.24. The Morgan fingerprint density at radius 2 is 1.46 bits per heavy atom. The molecule has 0 fully saturated rings. The summed E-state index contributed by atoms with van der Waals surface area (Å²) in [5.74, 6) is -0.385. The van der Waals surface area contributed by atoms with Crippen LogP contribution in [0.5, 0.6) is 0 Å². The molecule has 0 saturated heterocycles. The molecule has 4 N–H and O–H groups in total. The predicted molar refractivity (Wildman–Crippen MR) is 103 cm³/mol. The number of aliphatic hydroxyl groups excluding tert-OH is 3. The quantitative estimate of drug-likeness (QED) is 0.293. The number of amides is 1. The van der Waals surface area contributed by atoms with Crippen molar-refractivity contribution in [3.8, 4) is 0 Å². The van der Waals surface area contributed by atoms with Crippen molar-refractivity contribution in [3.63, 3.8) is 0 Å². The van der Waals surface area contributed by atoms with E-state index in [0.717, 1.165) is 12.8 Å². The van der Waals surface area contributed by atoms with Crippen LogP contribution in [-0.2, 0) is 4.79 Å². The Labute approximate surface area is 158 Å². The summed E-state index contributed by atoms with van der Waals surface area (Å²) in [6, 6.07) is -0.902. The van der Waals surface area contributed by atoms with Gasteiger partial charge in [-0.15, -0.1) is 0 Å². The lowest BCUT2D eigenvalue weighted by molar-refractivity contribution is -0.122. The molecule has 0 rings (SSSR count). The fourth-order valence-corrected chi connectivity index (χ4v) is 3.13. The van der Waals surface area contributed by atoms with Crippen LogP contribution in [0.25, 0.3) is 0 Å². The zero-order valence-electron chi connectivity index (χ0n) is 16.6. The average Bonchev–Trinajstić information content (AvgIpc) is 2.61. The van der Waals surface area contributed by atoms with Crippen molar-refractivity contribution in [1.29, 1.82) is 0 Å². The van der Waals surface area contributed by atoms with Gasteiger partial charge in [0.15, 0.2) is 0 Å². The van der Waals surface area contributed by atoms with Gasteiger partial charge in [0.25, 0.3) is 0 Å². The molecule has 0 unspecified atom stereocenters. The van der Waals surface area contributed by atoms with Crippen molar-refractivity contribution in [2.45, 2.75) is 115 Å². The summed E-state index contributed by atoms with van der Waals surface area (Å²) in [6.45, 7) is 3.03. The summed E-state index contributed by atoms with van der Waals surface area (Å²) in [6.07, 6.45) is 7.93. The Hall–Kier alpha value is -0.720. The Bertz CT molecular complexity index is 344. The van der Waals surface area contributed by atoms with E-state index in [1.54, 1.807) is 0 Å². The molecule has 6 heteroatoms. The minimum Gasteiger partial charge on any atom is -0.394 e. The topological polar surface area (TPSA) is 89.8 Å². The van der Waals surface area contributed by atoms with E-state index in [0.29, 0.717) is 19.3 Å². The van der Waals surface area contributed by atoms with Gasteiger partial charge in [-0.1, -0.05) is 58.3 Å². The van der Waals surface area contributed by atoms with Crippen molar-refractivity contribution in [2.24, 2.45) is 0 Å². The number of hydrogen-bond acceptors (Lipinski definition) is 4. The first-order valence-electron chi connectivity index (χ1n) is 10.3. The lowest BCUT2D eigenvalue weighted by Gasteiger charge is -2.26. The highest BCUT2D eigenvalue weighted by Crippen LogP contribution is 2.17. The van der Waals surface area contributed by atoms with Gasteiger partial charge in [-0.2, -0.15) is 0 Å². The van der Waals surface area contributed by atoms with Crippen molar-refractivity contribution in [2.75, 3.05) is 6.61 Å². The highest BCUT2D eigenvalue weighted by atomic mass is 19.1. The van der Waals surface area contributed by atoms with Gasteiger partial charge >= 0.3 is 0 Å². The van der Waals surface area contributed by atoms with Crippen LogP contribution < -0.4 is 5.32 Å². The highest BCUT2D eigenvalue weighted by molar-refractivity contribution is 5.73. The molecule has 0 bridgehead atoms. The number of unbranched alkanes of at least 4 members (excludes halogenated alkanes) is 7. The van der Waals surface area contributed by atoms with Gasteiger partial charge in [-0.25, -0.2) is 4.39 Å². The van der Waals surface area contributed by atoms with Crippen LogP contribution in [0.3, 0.4) is 0 Å². The highest BCUT2D eigenvalue weighted by Gasteiger charge is 2.26. The molecule has 0 spiro atoms. The number of carbonyl (C=O) groups is 1. The molecular weight excluding hydrogens is 337 g/mol. The summed E-state index contributed by atoms with van der Waals surface area (Å²) in [7, 11) is 0. The van der Waals surface area contributed by atoms with E-state index in [-0.39, 0.29) is 12.3 Å². The molecular formula is C20H40FNO4. The van der Waals surface area contributed by atoms with Gasteiger partial charge in [-0.3, -0.25) is 4.79 Å². The Kier molecular flexibility index (Phi) is 16.0. The van der Waals surface area contributed by atoms with Crippen molar-refractivity contribution in [3.05, 3.63) is 0 Å². The Morgan fingerprint density at radius 1 is 0.923 bits per heavy atom. The molecule has 0 aliphatic rings. The number of rotatable bonds is 17. The molecule has 0 aromatic heterocycles. The third-order valence-corrected chi connectivity index (χ3v) is 4.78. The number of carbonyl (C=O) groups excluding carboxylic acids is 1. The van der Waals surface area contributed by atoms with E-state index in [2.05, 4.69) is 12.2 Å². The molecule has 156 valence electrons. The zero-order valence-corrected chi connectivity index (χ0v) is 16.6. The van der Waals surface area contributed by atoms with E-state index < -0.39 is 31.0 Å². The maximum atomic E-state index is 13.9. The SMILES string of the molecule is CCCCCCCCCC[C@H](F)CCC[C@@H](O)[C@@H](O)[C@H](CO)NC(C)=O. The van der Waals surface area contributed by atoms with Crippen molar-refractivity contribution >= 4 is 5.91 Å². The number of hydrogen-bond donors (Lipinski definition) is 4. The maximum Gasteiger partial charge on any atom is 0.217 e. The van der Waals surface area contributed by atoms with Gasteiger partial charge < -0.3 is 20.6 Å². The normalized spacial score (nSPS) is 16.1. The summed E-state index contributed by atoms with van der Waals surface area (Å²) >= 11 is 0. The van der Waals surface area contributed by atoms with Crippen LogP contribution in [0, 0.1) is 0 Å². The minimum absolute atomic E-state index is 0.245. The minimum atomic E-state index is -1.25. The standard InChI is InChI=1S/C20H40FNO4/c1-3-4-5-6-7-8-9-10-12-17(21)13-11-14-19(25)20(26)18(15-23)22-16(2)24/h17-20,23,25-26H,3-15H2,1-2H3,(H,22,24)/t17-,18-,19+,20-/m0/s1. The lowest BCUT2D eigenvalue weighted by atomic mass is 9.98. The van der Waals surface area contributed by atoms with Crippen LogP contribution >= 0.6 is 0 Å². The first-order chi connectivity index (χ1) is 12.4. The van der Waals surface area contributed by atoms with E-state index >= 15 is 0 Å².